The van der Waals surface area contributed by atoms with Gasteiger partial charge in [0.25, 0.3) is 0 Å². The highest BCUT2D eigenvalue weighted by molar-refractivity contribution is 5.91. The van der Waals surface area contributed by atoms with E-state index >= 15 is 0 Å². The van der Waals surface area contributed by atoms with Crippen molar-refractivity contribution in [3.63, 3.8) is 0 Å². The predicted molar refractivity (Wildman–Crippen MR) is 97.5 cm³/mol. The molecular weight excluding hydrogens is 341 g/mol. The van der Waals surface area contributed by atoms with Crippen molar-refractivity contribution in [1.82, 2.24) is 10.2 Å². The summed E-state index contributed by atoms with van der Waals surface area (Å²) >= 11 is 0. The van der Waals surface area contributed by atoms with Gasteiger partial charge in [0, 0.05) is 31.8 Å². The van der Waals surface area contributed by atoms with Gasteiger partial charge in [0.15, 0.2) is 0 Å². The molecule has 0 bridgehead atoms. The van der Waals surface area contributed by atoms with Crippen molar-refractivity contribution in [2.24, 2.45) is 0 Å². The predicted octanol–water partition coefficient (Wildman–Crippen LogP) is 4.27. The largest absolute Gasteiger partial charge is 0.416 e. The molecule has 1 aromatic carbocycles. The van der Waals surface area contributed by atoms with Gasteiger partial charge in [0.1, 0.15) is 0 Å². The zero-order chi connectivity index (χ0) is 19.2. The Balaban J connectivity index is 1.82. The van der Waals surface area contributed by atoms with E-state index in [2.05, 4.69) is 30.1 Å². The van der Waals surface area contributed by atoms with Crippen molar-refractivity contribution in [2.45, 2.75) is 38.9 Å². The minimum Gasteiger partial charge on any atom is -0.350 e. The summed E-state index contributed by atoms with van der Waals surface area (Å²) < 4.78 is 38.1. The average molecular weight is 366 g/mol. The summed E-state index contributed by atoms with van der Waals surface area (Å²) in [5.74, 6) is -0.273. The fourth-order valence-corrected chi connectivity index (χ4v) is 2.81. The number of likely N-dealkylation sites (tertiary alicyclic amines) is 1. The van der Waals surface area contributed by atoms with Crippen molar-refractivity contribution >= 4 is 12.0 Å². The average Bonchev–Trinajstić information content (AvgIpc) is 2.59. The number of rotatable bonds is 5. The van der Waals surface area contributed by atoms with Crippen molar-refractivity contribution in [1.29, 1.82) is 0 Å². The van der Waals surface area contributed by atoms with Gasteiger partial charge in [-0.3, -0.25) is 9.69 Å². The molecule has 0 saturated carbocycles. The van der Waals surface area contributed by atoms with Crippen molar-refractivity contribution < 1.29 is 18.0 Å². The molecule has 0 atom stereocenters. The lowest BCUT2D eigenvalue weighted by Crippen LogP contribution is -2.44. The first-order valence-corrected chi connectivity index (χ1v) is 8.75. The van der Waals surface area contributed by atoms with Gasteiger partial charge in [0.05, 0.1) is 5.56 Å². The van der Waals surface area contributed by atoms with Crippen LogP contribution in [0.5, 0.6) is 0 Å². The quantitative estimate of drug-likeness (QED) is 0.624. The number of halogens is 3. The number of nitrogens with zero attached hydrogens (tertiary/aromatic N) is 1. The van der Waals surface area contributed by atoms with Gasteiger partial charge in [-0.2, -0.15) is 13.2 Å². The van der Waals surface area contributed by atoms with Crippen molar-refractivity contribution in [2.75, 3.05) is 19.6 Å². The van der Waals surface area contributed by atoms with E-state index in [1.807, 2.05) is 0 Å². The second-order valence-corrected chi connectivity index (χ2v) is 6.82. The molecule has 1 N–H and O–H groups in total. The molecule has 1 aliphatic rings. The molecule has 142 valence electrons. The summed E-state index contributed by atoms with van der Waals surface area (Å²) in [5, 5.41) is 2.93. The number of amides is 1. The summed E-state index contributed by atoms with van der Waals surface area (Å²) in [5.41, 5.74) is 0.926. The third kappa shape index (κ3) is 6.67. The number of hydrogen-bond donors (Lipinski definition) is 1. The first kappa shape index (κ1) is 20.2. The van der Waals surface area contributed by atoms with Gasteiger partial charge in [-0.15, -0.1) is 0 Å². The second kappa shape index (κ2) is 9.03. The van der Waals surface area contributed by atoms with E-state index < -0.39 is 11.7 Å². The fraction of sp³-hybridized carbons (Fsp3) is 0.450. The van der Waals surface area contributed by atoms with Gasteiger partial charge in [-0.1, -0.05) is 23.8 Å². The van der Waals surface area contributed by atoms with E-state index in [1.165, 1.54) is 23.8 Å². The van der Waals surface area contributed by atoms with Gasteiger partial charge < -0.3 is 5.32 Å². The number of piperidine rings is 1. The highest BCUT2D eigenvalue weighted by atomic mass is 19.4. The van der Waals surface area contributed by atoms with Crippen LogP contribution in [0.25, 0.3) is 6.08 Å². The minimum atomic E-state index is -4.38. The number of carbonyl (C=O) groups is 1. The number of nitrogens with one attached hydrogen (secondary N) is 1. The van der Waals surface area contributed by atoms with Gasteiger partial charge in [-0.05, 0) is 50.5 Å². The first-order chi connectivity index (χ1) is 12.2. The standard InChI is InChI=1S/C20H25F3N2O/c1-15(2)8-11-25-12-9-18(10-13-25)24-19(26)7-6-16-4-3-5-17(14-16)20(21,22)23/h3-8,14,18H,9-13H2,1-2H3,(H,24,26)/b7-6+. The maximum absolute atomic E-state index is 12.7. The van der Waals surface area contributed by atoms with E-state index in [0.717, 1.165) is 44.6 Å². The van der Waals surface area contributed by atoms with Crippen LogP contribution in [0.15, 0.2) is 42.0 Å². The highest BCUT2D eigenvalue weighted by Crippen LogP contribution is 2.29. The molecule has 3 nitrogen and oxygen atoms in total. The monoisotopic (exact) mass is 366 g/mol. The van der Waals surface area contributed by atoms with Crippen LogP contribution >= 0.6 is 0 Å². The van der Waals surface area contributed by atoms with Crippen LogP contribution < -0.4 is 5.32 Å². The third-order valence-corrected chi connectivity index (χ3v) is 4.33. The Morgan fingerprint density at radius 1 is 1.27 bits per heavy atom. The molecule has 1 aromatic rings. The molecule has 2 rings (SSSR count). The topological polar surface area (TPSA) is 32.3 Å². The SMILES string of the molecule is CC(C)=CCN1CCC(NC(=O)/C=C/c2cccc(C(F)(F)F)c2)CC1. The molecule has 0 aliphatic carbocycles. The van der Waals surface area contributed by atoms with Crippen molar-refractivity contribution in [3.05, 3.63) is 53.1 Å². The van der Waals surface area contributed by atoms with Gasteiger partial charge in [0.2, 0.25) is 5.91 Å². The molecule has 1 amide bonds. The fourth-order valence-electron chi connectivity index (χ4n) is 2.81. The zero-order valence-corrected chi connectivity index (χ0v) is 15.1. The lowest BCUT2D eigenvalue weighted by atomic mass is 10.0. The summed E-state index contributed by atoms with van der Waals surface area (Å²) in [7, 11) is 0. The Kier molecular flexibility index (Phi) is 7.03. The molecular formula is C20H25F3N2O. The summed E-state index contributed by atoms with van der Waals surface area (Å²) in [4.78, 5) is 14.4. The molecule has 1 aliphatic heterocycles. The van der Waals surface area contributed by atoms with Gasteiger partial charge >= 0.3 is 6.18 Å². The Bertz CT molecular complexity index is 668. The maximum Gasteiger partial charge on any atom is 0.416 e. The van der Waals surface area contributed by atoms with Crippen LogP contribution in [0, 0.1) is 0 Å². The van der Waals surface area contributed by atoms with Crippen LogP contribution in [-0.2, 0) is 11.0 Å². The molecule has 0 unspecified atom stereocenters. The highest BCUT2D eigenvalue weighted by Gasteiger charge is 2.30. The molecule has 0 radical (unpaired) electrons. The van der Waals surface area contributed by atoms with E-state index in [0.29, 0.717) is 5.56 Å². The number of alkyl halides is 3. The normalized spacial score (nSPS) is 16.7. The molecule has 0 spiro atoms. The Morgan fingerprint density at radius 3 is 2.58 bits per heavy atom. The smallest absolute Gasteiger partial charge is 0.350 e. The van der Waals surface area contributed by atoms with E-state index in [9.17, 15) is 18.0 Å². The van der Waals surface area contributed by atoms with E-state index in [4.69, 9.17) is 0 Å². The summed E-state index contributed by atoms with van der Waals surface area (Å²) in [6.45, 7) is 6.92. The number of hydrogen-bond acceptors (Lipinski definition) is 2. The number of carbonyl (C=O) groups excluding carboxylic acids is 1. The van der Waals surface area contributed by atoms with Crippen LogP contribution in [0.4, 0.5) is 13.2 Å². The molecule has 6 heteroatoms. The van der Waals surface area contributed by atoms with Crippen LogP contribution in [0.1, 0.15) is 37.8 Å². The maximum atomic E-state index is 12.7. The Labute approximate surface area is 152 Å². The molecule has 1 saturated heterocycles. The molecule has 26 heavy (non-hydrogen) atoms. The lowest BCUT2D eigenvalue weighted by molar-refractivity contribution is -0.137. The third-order valence-electron chi connectivity index (χ3n) is 4.33. The molecule has 1 heterocycles. The van der Waals surface area contributed by atoms with Crippen molar-refractivity contribution in [3.8, 4) is 0 Å². The van der Waals surface area contributed by atoms with Gasteiger partial charge in [-0.25, -0.2) is 0 Å². The summed E-state index contributed by atoms with van der Waals surface area (Å²) in [6, 6.07) is 5.03. The second-order valence-electron chi connectivity index (χ2n) is 6.82. The number of allylic oxidation sites excluding steroid dienone is 1. The van der Waals surface area contributed by atoms with E-state index in [-0.39, 0.29) is 11.9 Å². The summed E-state index contributed by atoms with van der Waals surface area (Å²) in [6.07, 6.45) is 2.27. The minimum absolute atomic E-state index is 0.108. The van der Waals surface area contributed by atoms with Crippen LogP contribution in [0.2, 0.25) is 0 Å². The first-order valence-electron chi connectivity index (χ1n) is 8.75. The zero-order valence-electron chi connectivity index (χ0n) is 15.1. The number of benzene rings is 1. The lowest BCUT2D eigenvalue weighted by Gasteiger charge is -2.31. The Morgan fingerprint density at radius 2 is 1.96 bits per heavy atom. The van der Waals surface area contributed by atoms with E-state index in [1.54, 1.807) is 6.07 Å². The van der Waals surface area contributed by atoms with Crippen LogP contribution in [-0.4, -0.2) is 36.5 Å². The molecule has 0 aromatic heterocycles. The Hall–Kier alpha value is -2.08. The van der Waals surface area contributed by atoms with Crippen LogP contribution in [0.3, 0.4) is 0 Å². The molecule has 1 fully saturated rings.